The number of carbonyl (C=O) groups is 1. The summed E-state index contributed by atoms with van der Waals surface area (Å²) in [7, 11) is 0. The lowest BCUT2D eigenvalue weighted by atomic mass is 10.1. The maximum absolute atomic E-state index is 12.3. The Balaban J connectivity index is 1.77. The van der Waals surface area contributed by atoms with Gasteiger partial charge in [0.2, 0.25) is 5.91 Å². The van der Waals surface area contributed by atoms with Gasteiger partial charge in [-0.15, -0.1) is 0 Å². The van der Waals surface area contributed by atoms with Crippen molar-refractivity contribution >= 4 is 11.6 Å². The molecule has 1 amide bonds. The molecule has 1 N–H and O–H groups in total. The number of fused-ring (bicyclic) bond motifs is 1. The van der Waals surface area contributed by atoms with E-state index in [0.29, 0.717) is 6.42 Å². The normalized spacial score (nSPS) is 15.5. The van der Waals surface area contributed by atoms with Crippen molar-refractivity contribution in [2.45, 2.75) is 33.6 Å². The van der Waals surface area contributed by atoms with Gasteiger partial charge in [-0.2, -0.15) is 5.10 Å². The molecular weight excluding hydrogens is 278 g/mol. The lowest BCUT2D eigenvalue weighted by Gasteiger charge is -2.27. The van der Waals surface area contributed by atoms with Crippen LogP contribution in [0.15, 0.2) is 6.07 Å². The second-order valence-electron chi connectivity index (χ2n) is 5.95. The molecule has 6 heteroatoms. The second-order valence-corrected chi connectivity index (χ2v) is 5.95. The number of hydrogen-bond donors (Lipinski definition) is 1. The Kier molecular flexibility index (Phi) is 4.11. The molecule has 1 aliphatic rings. The first-order valence-electron chi connectivity index (χ1n) is 7.87. The third-order valence-electron chi connectivity index (χ3n) is 4.34. The Hall–Kier alpha value is -1.95. The fourth-order valence-electron chi connectivity index (χ4n) is 3.11. The van der Waals surface area contributed by atoms with Gasteiger partial charge in [0.1, 0.15) is 0 Å². The molecule has 1 saturated heterocycles. The van der Waals surface area contributed by atoms with Gasteiger partial charge in [0.15, 0.2) is 5.65 Å². The van der Waals surface area contributed by atoms with E-state index in [4.69, 9.17) is 0 Å². The number of hydrogen-bond acceptors (Lipinski definition) is 4. The van der Waals surface area contributed by atoms with E-state index in [-0.39, 0.29) is 5.91 Å². The minimum Gasteiger partial charge on any atom is -0.340 e. The summed E-state index contributed by atoms with van der Waals surface area (Å²) in [5, 5.41) is 7.75. The van der Waals surface area contributed by atoms with Crippen molar-refractivity contribution in [3.8, 4) is 0 Å². The zero-order valence-electron chi connectivity index (χ0n) is 13.5. The van der Waals surface area contributed by atoms with Crippen molar-refractivity contribution in [2.24, 2.45) is 0 Å². The molecule has 0 radical (unpaired) electrons. The molecule has 0 saturated carbocycles. The molecule has 0 spiro atoms. The van der Waals surface area contributed by atoms with Gasteiger partial charge in [0.25, 0.3) is 0 Å². The SMILES string of the molecule is Cc1cc2nc(C)c(CCC(=O)N3CCNCC3)c(C)n2n1. The number of nitrogens with one attached hydrogen (secondary N) is 1. The quantitative estimate of drug-likeness (QED) is 0.919. The minimum atomic E-state index is 0.233. The highest BCUT2D eigenvalue weighted by Gasteiger charge is 2.18. The summed E-state index contributed by atoms with van der Waals surface area (Å²) in [4.78, 5) is 18.9. The number of carbonyl (C=O) groups excluding carboxylic acids is 1. The van der Waals surface area contributed by atoms with Crippen LogP contribution in [-0.4, -0.2) is 51.6 Å². The van der Waals surface area contributed by atoms with Crippen molar-refractivity contribution in [3.63, 3.8) is 0 Å². The van der Waals surface area contributed by atoms with E-state index in [1.54, 1.807) is 0 Å². The summed E-state index contributed by atoms with van der Waals surface area (Å²) in [6.45, 7) is 9.45. The van der Waals surface area contributed by atoms with Gasteiger partial charge in [0.05, 0.1) is 5.69 Å². The van der Waals surface area contributed by atoms with Gasteiger partial charge in [-0.05, 0) is 32.8 Å². The number of aromatic nitrogens is 3. The topological polar surface area (TPSA) is 62.5 Å². The van der Waals surface area contributed by atoms with Crippen molar-refractivity contribution in [1.82, 2.24) is 24.8 Å². The molecule has 1 fully saturated rings. The summed E-state index contributed by atoms with van der Waals surface area (Å²) in [6.07, 6.45) is 1.26. The molecule has 6 nitrogen and oxygen atoms in total. The van der Waals surface area contributed by atoms with Crippen LogP contribution in [-0.2, 0) is 11.2 Å². The van der Waals surface area contributed by atoms with Crippen LogP contribution >= 0.6 is 0 Å². The smallest absolute Gasteiger partial charge is 0.222 e. The summed E-state index contributed by atoms with van der Waals surface area (Å²) in [6, 6.07) is 1.98. The summed E-state index contributed by atoms with van der Waals surface area (Å²) < 4.78 is 1.88. The van der Waals surface area contributed by atoms with Crippen molar-refractivity contribution < 1.29 is 4.79 Å². The Morgan fingerprint density at radius 3 is 2.73 bits per heavy atom. The molecule has 2 aromatic rings. The molecule has 22 heavy (non-hydrogen) atoms. The van der Waals surface area contributed by atoms with Crippen LogP contribution in [0.4, 0.5) is 0 Å². The van der Waals surface area contributed by atoms with E-state index < -0.39 is 0 Å². The lowest BCUT2D eigenvalue weighted by molar-refractivity contribution is -0.131. The van der Waals surface area contributed by atoms with Crippen molar-refractivity contribution in [1.29, 1.82) is 0 Å². The highest BCUT2D eigenvalue weighted by Crippen LogP contribution is 2.17. The molecule has 3 heterocycles. The van der Waals surface area contributed by atoms with Crippen LogP contribution in [0.3, 0.4) is 0 Å². The standard InChI is InChI=1S/C16H23N5O/c1-11-10-15-18-12(2)14(13(3)21(15)19-11)4-5-16(22)20-8-6-17-7-9-20/h10,17H,4-9H2,1-3H3. The number of rotatable bonds is 3. The zero-order valence-corrected chi connectivity index (χ0v) is 13.5. The van der Waals surface area contributed by atoms with E-state index in [2.05, 4.69) is 22.3 Å². The van der Waals surface area contributed by atoms with Gasteiger partial charge in [-0.25, -0.2) is 9.50 Å². The molecule has 3 rings (SSSR count). The van der Waals surface area contributed by atoms with Gasteiger partial charge < -0.3 is 10.2 Å². The Morgan fingerprint density at radius 1 is 1.27 bits per heavy atom. The summed E-state index contributed by atoms with van der Waals surface area (Å²) >= 11 is 0. The fraction of sp³-hybridized carbons (Fsp3) is 0.562. The predicted molar refractivity (Wildman–Crippen MR) is 85.0 cm³/mol. The average Bonchev–Trinajstić information content (AvgIpc) is 2.88. The number of nitrogens with zero attached hydrogens (tertiary/aromatic N) is 4. The van der Waals surface area contributed by atoms with E-state index >= 15 is 0 Å². The van der Waals surface area contributed by atoms with Crippen LogP contribution in [0.2, 0.25) is 0 Å². The zero-order chi connectivity index (χ0) is 15.7. The lowest BCUT2D eigenvalue weighted by Crippen LogP contribution is -2.46. The van der Waals surface area contributed by atoms with E-state index in [1.165, 1.54) is 0 Å². The Bertz CT molecular complexity index is 700. The number of amides is 1. The highest BCUT2D eigenvalue weighted by atomic mass is 16.2. The molecule has 0 aliphatic carbocycles. The summed E-state index contributed by atoms with van der Waals surface area (Å²) in [5.74, 6) is 0.233. The van der Waals surface area contributed by atoms with Crippen molar-refractivity contribution in [3.05, 3.63) is 28.7 Å². The molecule has 0 bridgehead atoms. The fourth-order valence-corrected chi connectivity index (χ4v) is 3.11. The van der Waals surface area contributed by atoms with E-state index in [1.807, 2.05) is 29.3 Å². The van der Waals surface area contributed by atoms with Gasteiger partial charge in [0, 0.05) is 50.1 Å². The van der Waals surface area contributed by atoms with E-state index in [9.17, 15) is 4.79 Å². The first kappa shape index (κ1) is 15.0. The van der Waals surface area contributed by atoms with Crippen LogP contribution in [0.25, 0.3) is 5.65 Å². The first-order chi connectivity index (χ1) is 10.6. The molecule has 118 valence electrons. The van der Waals surface area contributed by atoms with Crippen LogP contribution < -0.4 is 5.32 Å². The average molecular weight is 301 g/mol. The first-order valence-corrected chi connectivity index (χ1v) is 7.87. The van der Waals surface area contributed by atoms with Crippen LogP contribution in [0, 0.1) is 20.8 Å². The van der Waals surface area contributed by atoms with E-state index in [0.717, 1.165) is 60.9 Å². The largest absolute Gasteiger partial charge is 0.340 e. The monoisotopic (exact) mass is 301 g/mol. The van der Waals surface area contributed by atoms with Gasteiger partial charge >= 0.3 is 0 Å². The third-order valence-corrected chi connectivity index (χ3v) is 4.34. The minimum absolute atomic E-state index is 0.233. The van der Waals surface area contributed by atoms with Crippen LogP contribution in [0.1, 0.15) is 29.1 Å². The third kappa shape index (κ3) is 2.83. The predicted octanol–water partition coefficient (Wildman–Crippen LogP) is 1.02. The molecule has 2 aromatic heterocycles. The maximum Gasteiger partial charge on any atom is 0.222 e. The molecule has 1 aliphatic heterocycles. The molecule has 0 unspecified atom stereocenters. The van der Waals surface area contributed by atoms with Gasteiger partial charge in [-0.3, -0.25) is 4.79 Å². The second kappa shape index (κ2) is 6.04. The highest BCUT2D eigenvalue weighted by molar-refractivity contribution is 5.76. The number of piperazine rings is 1. The van der Waals surface area contributed by atoms with Crippen molar-refractivity contribution in [2.75, 3.05) is 26.2 Å². The molecule has 0 atom stereocenters. The molecular formula is C16H23N5O. The number of aryl methyl sites for hydroxylation is 3. The van der Waals surface area contributed by atoms with Crippen LogP contribution in [0.5, 0.6) is 0 Å². The molecule has 0 aromatic carbocycles. The Morgan fingerprint density at radius 2 is 2.00 bits per heavy atom. The summed E-state index contributed by atoms with van der Waals surface area (Å²) in [5.41, 5.74) is 5.06. The Labute approximate surface area is 130 Å². The maximum atomic E-state index is 12.3. The van der Waals surface area contributed by atoms with Gasteiger partial charge in [-0.1, -0.05) is 0 Å².